The molecule has 0 unspecified atom stereocenters. The van der Waals surface area contributed by atoms with E-state index in [2.05, 4.69) is 4.98 Å². The van der Waals surface area contributed by atoms with Gasteiger partial charge in [-0.2, -0.15) is 0 Å². The summed E-state index contributed by atoms with van der Waals surface area (Å²) in [6.45, 7) is 0. The maximum Gasteiger partial charge on any atom is 0.262 e. The largest absolute Gasteiger partial charge is 0.290 e. The summed E-state index contributed by atoms with van der Waals surface area (Å²) >= 11 is 14.8. The van der Waals surface area contributed by atoms with Gasteiger partial charge in [-0.25, -0.2) is 4.98 Å². The van der Waals surface area contributed by atoms with Gasteiger partial charge in [-0.1, -0.05) is 35.0 Å². The van der Waals surface area contributed by atoms with Gasteiger partial charge >= 0.3 is 0 Å². The normalized spacial score (nSPS) is 12.6. The SMILES string of the molecule is Cn1c(SCC[S@](=O)c2cc(Cl)ccc2Cl)nc2sccc2c1=O. The number of fused-ring (bicyclic) bond motifs is 1. The molecule has 3 rings (SSSR count). The minimum absolute atomic E-state index is 0.0669. The Bertz CT molecular complexity index is 984. The van der Waals surface area contributed by atoms with Crippen molar-refractivity contribution < 1.29 is 4.21 Å². The average Bonchev–Trinajstić information content (AvgIpc) is 3.02. The number of thiophene rings is 1. The molecule has 0 bridgehead atoms. The summed E-state index contributed by atoms with van der Waals surface area (Å²) in [4.78, 5) is 18.0. The lowest BCUT2D eigenvalue weighted by Gasteiger charge is -2.08. The van der Waals surface area contributed by atoms with Crippen LogP contribution < -0.4 is 5.56 Å². The Balaban J connectivity index is 1.72. The number of rotatable bonds is 5. The van der Waals surface area contributed by atoms with E-state index in [1.165, 1.54) is 27.7 Å². The predicted molar refractivity (Wildman–Crippen MR) is 103 cm³/mol. The standard InChI is InChI=1S/C15H12Cl2N2O2S3/c1-19-14(20)10-4-5-22-13(10)18-15(19)23-6-7-24(21)12-8-9(16)2-3-11(12)17/h2-5,8H,6-7H2,1H3/t24-/m0/s1. The highest BCUT2D eigenvalue weighted by atomic mass is 35.5. The lowest BCUT2D eigenvalue weighted by molar-refractivity contribution is 0.684. The number of benzene rings is 1. The van der Waals surface area contributed by atoms with Crippen molar-refractivity contribution in [3.63, 3.8) is 0 Å². The first-order chi connectivity index (χ1) is 11.5. The van der Waals surface area contributed by atoms with E-state index in [1.54, 1.807) is 31.3 Å². The van der Waals surface area contributed by atoms with Crippen LogP contribution in [0.4, 0.5) is 0 Å². The topological polar surface area (TPSA) is 52.0 Å². The van der Waals surface area contributed by atoms with Crippen LogP contribution in [0.2, 0.25) is 10.0 Å². The van der Waals surface area contributed by atoms with Crippen LogP contribution >= 0.6 is 46.3 Å². The molecule has 126 valence electrons. The number of halogens is 2. The Kier molecular flexibility index (Phi) is 5.66. The van der Waals surface area contributed by atoms with Gasteiger partial charge in [-0.15, -0.1) is 11.3 Å². The number of hydrogen-bond acceptors (Lipinski definition) is 5. The van der Waals surface area contributed by atoms with Crippen molar-refractivity contribution in [1.82, 2.24) is 9.55 Å². The van der Waals surface area contributed by atoms with Crippen molar-refractivity contribution in [2.45, 2.75) is 10.1 Å². The number of aromatic nitrogens is 2. The van der Waals surface area contributed by atoms with Crippen LogP contribution in [0.25, 0.3) is 10.2 Å². The third kappa shape index (κ3) is 3.70. The van der Waals surface area contributed by atoms with Gasteiger partial charge in [0.2, 0.25) is 0 Å². The van der Waals surface area contributed by atoms with Crippen molar-refractivity contribution in [2.75, 3.05) is 11.5 Å². The number of hydrogen-bond donors (Lipinski definition) is 0. The van der Waals surface area contributed by atoms with Crippen LogP contribution in [0.15, 0.2) is 44.5 Å². The molecule has 0 spiro atoms. The van der Waals surface area contributed by atoms with Crippen molar-refractivity contribution >= 4 is 67.3 Å². The molecule has 1 atom stereocenters. The maximum absolute atomic E-state index is 12.4. The Morgan fingerprint density at radius 1 is 1.33 bits per heavy atom. The first-order valence-corrected chi connectivity index (χ1v) is 10.8. The molecule has 0 aliphatic rings. The van der Waals surface area contributed by atoms with Crippen LogP contribution in [0, 0.1) is 0 Å². The highest BCUT2D eigenvalue weighted by Gasteiger charge is 2.12. The molecule has 0 aliphatic carbocycles. The Morgan fingerprint density at radius 3 is 2.92 bits per heavy atom. The van der Waals surface area contributed by atoms with Crippen LogP contribution in [-0.2, 0) is 17.8 Å². The fourth-order valence-corrected chi connectivity index (χ4v) is 5.82. The molecule has 3 aromatic rings. The van der Waals surface area contributed by atoms with E-state index < -0.39 is 10.8 Å². The quantitative estimate of drug-likeness (QED) is 0.460. The van der Waals surface area contributed by atoms with Crippen molar-refractivity contribution in [1.29, 1.82) is 0 Å². The van der Waals surface area contributed by atoms with Crippen molar-refractivity contribution in [3.8, 4) is 0 Å². The molecule has 1 aromatic carbocycles. The highest BCUT2D eigenvalue weighted by molar-refractivity contribution is 8.00. The fourth-order valence-electron chi connectivity index (χ4n) is 2.08. The number of thioether (sulfide) groups is 1. The van der Waals surface area contributed by atoms with E-state index in [0.717, 1.165) is 4.83 Å². The molecule has 4 nitrogen and oxygen atoms in total. The van der Waals surface area contributed by atoms with Crippen molar-refractivity contribution in [2.24, 2.45) is 7.05 Å². The van der Waals surface area contributed by atoms with Gasteiger partial charge in [0, 0.05) is 23.6 Å². The molecule has 9 heteroatoms. The molecule has 0 amide bonds. The lowest BCUT2D eigenvalue weighted by atomic mass is 10.4. The Morgan fingerprint density at radius 2 is 2.12 bits per heavy atom. The van der Waals surface area contributed by atoms with E-state index in [9.17, 15) is 9.00 Å². The second-order valence-corrected chi connectivity index (χ2v) is 9.21. The van der Waals surface area contributed by atoms with Gasteiger partial charge in [-0.05, 0) is 29.6 Å². The summed E-state index contributed by atoms with van der Waals surface area (Å²) in [7, 11) is 0.434. The summed E-state index contributed by atoms with van der Waals surface area (Å²) in [6.07, 6.45) is 0. The molecule has 2 heterocycles. The van der Waals surface area contributed by atoms with E-state index in [1.807, 2.05) is 5.38 Å². The zero-order chi connectivity index (χ0) is 17.3. The summed E-state index contributed by atoms with van der Waals surface area (Å²) in [5, 5.41) is 4.03. The van der Waals surface area contributed by atoms with E-state index in [0.29, 0.717) is 37.0 Å². The summed E-state index contributed by atoms with van der Waals surface area (Å²) in [6, 6.07) is 6.70. The minimum atomic E-state index is -1.26. The third-order valence-corrected chi connectivity index (χ3v) is 7.48. The van der Waals surface area contributed by atoms with Crippen LogP contribution in [-0.4, -0.2) is 25.3 Å². The fraction of sp³-hybridized carbons (Fsp3) is 0.200. The van der Waals surface area contributed by atoms with Crippen LogP contribution in [0.1, 0.15) is 0 Å². The molecule has 2 aromatic heterocycles. The molecule has 0 fully saturated rings. The molecule has 0 N–H and O–H groups in total. The smallest absolute Gasteiger partial charge is 0.262 e. The molecular weight excluding hydrogens is 407 g/mol. The second kappa shape index (κ2) is 7.58. The molecular formula is C15H12Cl2N2O2S3. The Labute approximate surface area is 159 Å². The first kappa shape index (κ1) is 17.9. The summed E-state index contributed by atoms with van der Waals surface area (Å²) in [5.74, 6) is 0.940. The number of nitrogens with zero attached hydrogens (tertiary/aromatic N) is 2. The predicted octanol–water partition coefficient (Wildman–Crippen LogP) is 4.20. The molecule has 0 saturated carbocycles. The second-order valence-electron chi connectivity index (χ2n) is 4.87. The monoisotopic (exact) mass is 418 g/mol. The maximum atomic E-state index is 12.4. The average molecular weight is 419 g/mol. The first-order valence-electron chi connectivity index (χ1n) is 6.88. The van der Waals surface area contributed by atoms with Crippen LogP contribution in [0.5, 0.6) is 0 Å². The highest BCUT2D eigenvalue weighted by Crippen LogP contribution is 2.25. The molecule has 24 heavy (non-hydrogen) atoms. The zero-order valence-electron chi connectivity index (χ0n) is 12.5. The van der Waals surface area contributed by atoms with E-state index in [4.69, 9.17) is 23.2 Å². The Hall–Kier alpha value is -0.860. The van der Waals surface area contributed by atoms with Crippen molar-refractivity contribution in [3.05, 3.63) is 50.0 Å². The summed E-state index contributed by atoms with van der Waals surface area (Å²) < 4.78 is 13.9. The molecule has 0 saturated heterocycles. The van der Waals surface area contributed by atoms with E-state index >= 15 is 0 Å². The van der Waals surface area contributed by atoms with Gasteiger partial charge in [0.15, 0.2) is 5.16 Å². The van der Waals surface area contributed by atoms with Gasteiger partial charge in [0.05, 0.1) is 26.1 Å². The lowest BCUT2D eigenvalue weighted by Crippen LogP contribution is -2.19. The van der Waals surface area contributed by atoms with Gasteiger partial charge in [0.25, 0.3) is 5.56 Å². The zero-order valence-corrected chi connectivity index (χ0v) is 16.5. The van der Waals surface area contributed by atoms with Gasteiger partial charge < -0.3 is 0 Å². The van der Waals surface area contributed by atoms with Gasteiger partial charge in [-0.3, -0.25) is 13.6 Å². The minimum Gasteiger partial charge on any atom is -0.290 e. The van der Waals surface area contributed by atoms with Crippen LogP contribution in [0.3, 0.4) is 0 Å². The van der Waals surface area contributed by atoms with Gasteiger partial charge in [0.1, 0.15) is 4.83 Å². The third-order valence-electron chi connectivity index (χ3n) is 3.30. The molecule has 0 radical (unpaired) electrons. The summed E-state index contributed by atoms with van der Waals surface area (Å²) in [5.41, 5.74) is -0.0669. The van der Waals surface area contributed by atoms with E-state index in [-0.39, 0.29) is 5.56 Å². The molecule has 0 aliphatic heterocycles.